The zero-order valence-corrected chi connectivity index (χ0v) is 20.6. The van der Waals surface area contributed by atoms with E-state index >= 15 is 0 Å². The first-order valence-corrected chi connectivity index (χ1v) is 12.2. The molecule has 0 aromatic carbocycles. The van der Waals surface area contributed by atoms with E-state index in [9.17, 15) is 4.79 Å². The first kappa shape index (κ1) is 24.4. The van der Waals surface area contributed by atoms with Gasteiger partial charge in [-0.2, -0.15) is 5.10 Å². The van der Waals surface area contributed by atoms with E-state index < -0.39 is 5.60 Å². The van der Waals surface area contributed by atoms with E-state index in [-0.39, 0.29) is 6.09 Å². The molecule has 0 radical (unpaired) electrons. The monoisotopic (exact) mass is 446 g/mol. The molecule has 2 aliphatic rings. The fourth-order valence-corrected chi connectivity index (χ4v) is 4.67. The number of hydrogen-bond acceptors (Lipinski definition) is 4. The Morgan fingerprint density at radius 3 is 2.69 bits per heavy atom. The molecule has 0 aliphatic carbocycles. The second-order valence-electron chi connectivity index (χ2n) is 10.3. The lowest BCUT2D eigenvalue weighted by molar-refractivity contribution is 0.0163. The summed E-state index contributed by atoms with van der Waals surface area (Å²) in [4.78, 5) is 21.6. The van der Waals surface area contributed by atoms with Crippen molar-refractivity contribution >= 4 is 12.1 Å². The number of likely N-dealkylation sites (tertiary alicyclic amines) is 2. The van der Waals surface area contributed by atoms with E-state index in [2.05, 4.69) is 28.4 Å². The minimum atomic E-state index is -0.445. The largest absolute Gasteiger partial charge is 0.444 e. The summed E-state index contributed by atoms with van der Waals surface area (Å²) >= 11 is 0. The van der Waals surface area contributed by atoms with Crippen molar-refractivity contribution in [2.45, 2.75) is 65.4 Å². The molecule has 8 heteroatoms. The van der Waals surface area contributed by atoms with Crippen LogP contribution in [0.3, 0.4) is 0 Å². The first-order valence-electron chi connectivity index (χ1n) is 12.2. The van der Waals surface area contributed by atoms with E-state index in [0.29, 0.717) is 11.8 Å². The maximum atomic E-state index is 12.4. The van der Waals surface area contributed by atoms with Gasteiger partial charge in [0, 0.05) is 52.5 Å². The number of aryl methyl sites for hydroxylation is 1. The molecule has 0 spiro atoms. The van der Waals surface area contributed by atoms with Crippen LogP contribution in [0.1, 0.15) is 58.9 Å². The van der Waals surface area contributed by atoms with Crippen molar-refractivity contribution < 1.29 is 9.53 Å². The van der Waals surface area contributed by atoms with Crippen LogP contribution in [0.4, 0.5) is 4.79 Å². The van der Waals surface area contributed by atoms with Crippen molar-refractivity contribution in [1.82, 2.24) is 24.9 Å². The van der Waals surface area contributed by atoms with Crippen molar-refractivity contribution in [2.75, 3.05) is 39.3 Å². The number of rotatable bonds is 6. The Morgan fingerprint density at radius 1 is 1.22 bits per heavy atom. The van der Waals surface area contributed by atoms with Crippen LogP contribution in [-0.4, -0.2) is 76.5 Å². The van der Waals surface area contributed by atoms with Gasteiger partial charge in [0.05, 0.1) is 6.20 Å². The van der Waals surface area contributed by atoms with Gasteiger partial charge in [-0.25, -0.2) is 4.79 Å². The number of nitrogens with one attached hydrogen (secondary N) is 1. The van der Waals surface area contributed by atoms with Gasteiger partial charge in [-0.1, -0.05) is 0 Å². The molecule has 2 fully saturated rings. The lowest BCUT2D eigenvalue weighted by atomic mass is 9.95. The molecule has 3 rings (SSSR count). The Morgan fingerprint density at radius 2 is 2.00 bits per heavy atom. The molecule has 1 aromatic rings. The Hall–Kier alpha value is -2.25. The number of aliphatic imine (C=N–C) groups is 1. The standard InChI is InChI=1S/C24H42N6O2/c1-6-25-22(29-13-10-20(18-29)14-21-15-27-28(5)16-21)26-11-9-19-8-7-12-30(17-19)23(31)32-24(2,3)4/h15-16,19-20H,6-14,17-18H2,1-5H3,(H,25,26). The fourth-order valence-electron chi connectivity index (χ4n) is 4.67. The number of aromatic nitrogens is 2. The smallest absolute Gasteiger partial charge is 0.410 e. The molecular weight excluding hydrogens is 404 g/mol. The number of ether oxygens (including phenoxy) is 1. The van der Waals surface area contributed by atoms with E-state index in [1.807, 2.05) is 43.6 Å². The van der Waals surface area contributed by atoms with Crippen LogP contribution in [-0.2, 0) is 18.2 Å². The predicted octanol–water partition coefficient (Wildman–Crippen LogP) is 3.29. The quantitative estimate of drug-likeness (QED) is 0.536. The molecule has 1 N–H and O–H groups in total. The lowest BCUT2D eigenvalue weighted by Crippen LogP contribution is -2.43. The summed E-state index contributed by atoms with van der Waals surface area (Å²) in [6.45, 7) is 13.2. The minimum absolute atomic E-state index is 0.184. The number of piperidine rings is 1. The van der Waals surface area contributed by atoms with Crippen molar-refractivity contribution in [3.05, 3.63) is 18.0 Å². The summed E-state index contributed by atoms with van der Waals surface area (Å²) < 4.78 is 7.44. The Balaban J connectivity index is 1.48. The Kier molecular flexibility index (Phi) is 8.43. The Bertz CT molecular complexity index is 769. The van der Waals surface area contributed by atoms with E-state index in [4.69, 9.17) is 9.73 Å². The average molecular weight is 447 g/mol. The maximum absolute atomic E-state index is 12.4. The lowest BCUT2D eigenvalue weighted by Gasteiger charge is -2.34. The molecule has 3 heterocycles. The zero-order chi connectivity index (χ0) is 23.1. The van der Waals surface area contributed by atoms with Gasteiger partial charge in [0.25, 0.3) is 0 Å². The summed E-state index contributed by atoms with van der Waals surface area (Å²) in [5.74, 6) is 2.16. The summed E-state index contributed by atoms with van der Waals surface area (Å²) in [5, 5.41) is 7.77. The van der Waals surface area contributed by atoms with Crippen LogP contribution >= 0.6 is 0 Å². The van der Waals surface area contributed by atoms with Crippen LogP contribution in [0.5, 0.6) is 0 Å². The van der Waals surface area contributed by atoms with Crippen LogP contribution in [0.2, 0.25) is 0 Å². The highest BCUT2D eigenvalue weighted by molar-refractivity contribution is 5.80. The third kappa shape index (κ3) is 7.41. The summed E-state index contributed by atoms with van der Waals surface area (Å²) in [6.07, 6.45) is 9.37. The normalized spacial score (nSPS) is 22.3. The van der Waals surface area contributed by atoms with Gasteiger partial charge in [-0.05, 0) is 77.2 Å². The van der Waals surface area contributed by atoms with Gasteiger partial charge in [-0.3, -0.25) is 9.67 Å². The molecule has 2 unspecified atom stereocenters. The van der Waals surface area contributed by atoms with Crippen molar-refractivity contribution in [1.29, 1.82) is 0 Å². The topological polar surface area (TPSA) is 75.0 Å². The number of hydrogen-bond donors (Lipinski definition) is 1. The third-order valence-electron chi connectivity index (χ3n) is 6.17. The molecule has 8 nitrogen and oxygen atoms in total. The van der Waals surface area contributed by atoms with Crippen molar-refractivity contribution in [2.24, 2.45) is 23.9 Å². The number of amides is 1. The molecule has 0 bridgehead atoms. The van der Waals surface area contributed by atoms with Crippen molar-refractivity contribution in [3.8, 4) is 0 Å². The molecule has 180 valence electrons. The third-order valence-corrected chi connectivity index (χ3v) is 6.17. The molecule has 2 aliphatic heterocycles. The Labute approximate surface area is 193 Å². The fraction of sp³-hybridized carbons (Fsp3) is 0.792. The van der Waals surface area contributed by atoms with Gasteiger partial charge < -0.3 is 19.9 Å². The summed E-state index contributed by atoms with van der Waals surface area (Å²) in [6, 6.07) is 0. The number of carbonyl (C=O) groups excluding carboxylic acids is 1. The zero-order valence-electron chi connectivity index (χ0n) is 20.6. The van der Waals surface area contributed by atoms with Gasteiger partial charge in [-0.15, -0.1) is 0 Å². The second kappa shape index (κ2) is 11.1. The van der Waals surface area contributed by atoms with E-state index in [1.54, 1.807) is 0 Å². The second-order valence-corrected chi connectivity index (χ2v) is 10.3. The molecule has 1 amide bonds. The first-order chi connectivity index (χ1) is 15.2. The van der Waals surface area contributed by atoms with Gasteiger partial charge in [0.2, 0.25) is 0 Å². The van der Waals surface area contributed by atoms with Crippen LogP contribution in [0.15, 0.2) is 17.4 Å². The highest BCUT2D eigenvalue weighted by Crippen LogP contribution is 2.23. The minimum Gasteiger partial charge on any atom is -0.444 e. The molecule has 2 saturated heterocycles. The SMILES string of the molecule is CCNC(=NCCC1CCCN(C(=O)OC(C)(C)C)C1)N1CCC(Cc2cnn(C)c2)C1. The number of nitrogens with zero attached hydrogens (tertiary/aromatic N) is 5. The summed E-state index contributed by atoms with van der Waals surface area (Å²) in [7, 11) is 1.97. The molecule has 0 saturated carbocycles. The van der Waals surface area contributed by atoms with Gasteiger partial charge in [0.15, 0.2) is 5.96 Å². The number of carbonyl (C=O) groups is 1. The van der Waals surface area contributed by atoms with Gasteiger partial charge >= 0.3 is 6.09 Å². The van der Waals surface area contributed by atoms with Crippen LogP contribution in [0, 0.1) is 11.8 Å². The predicted molar refractivity (Wildman–Crippen MR) is 128 cm³/mol. The van der Waals surface area contributed by atoms with E-state index in [0.717, 1.165) is 70.9 Å². The highest BCUT2D eigenvalue weighted by atomic mass is 16.6. The molecular formula is C24H42N6O2. The maximum Gasteiger partial charge on any atom is 0.410 e. The number of guanidine groups is 1. The van der Waals surface area contributed by atoms with Crippen molar-refractivity contribution in [3.63, 3.8) is 0 Å². The highest BCUT2D eigenvalue weighted by Gasteiger charge is 2.28. The average Bonchev–Trinajstić information content (AvgIpc) is 3.35. The molecule has 32 heavy (non-hydrogen) atoms. The van der Waals surface area contributed by atoms with Crippen LogP contribution < -0.4 is 5.32 Å². The molecule has 2 atom stereocenters. The summed E-state index contributed by atoms with van der Waals surface area (Å²) in [5.41, 5.74) is 0.868. The van der Waals surface area contributed by atoms with Crippen LogP contribution in [0.25, 0.3) is 0 Å². The molecule has 1 aromatic heterocycles. The van der Waals surface area contributed by atoms with Gasteiger partial charge in [0.1, 0.15) is 5.60 Å². The van der Waals surface area contributed by atoms with E-state index in [1.165, 1.54) is 12.0 Å².